The van der Waals surface area contributed by atoms with Crippen LogP contribution in [-0.2, 0) is 14.3 Å². The number of unbranched alkanes of at least 4 members (excludes halogenated alkanes) is 1. The summed E-state index contributed by atoms with van der Waals surface area (Å²) in [5, 5.41) is 0. The number of methoxy groups -OCH3 is 1. The van der Waals surface area contributed by atoms with E-state index in [1.165, 1.54) is 26.4 Å². The molecule has 1 heterocycles. The molecule has 0 aliphatic carbocycles. The van der Waals surface area contributed by atoms with Crippen LogP contribution in [0.15, 0.2) is 0 Å². The summed E-state index contributed by atoms with van der Waals surface area (Å²) in [4.78, 5) is 25.6. The van der Waals surface area contributed by atoms with Crippen LogP contribution in [0.2, 0.25) is 0 Å². The van der Waals surface area contributed by atoms with Gasteiger partial charge in [-0.1, -0.05) is 33.1 Å². The van der Waals surface area contributed by atoms with Crippen LogP contribution in [-0.4, -0.2) is 43.4 Å². The van der Waals surface area contributed by atoms with Crippen LogP contribution in [0.4, 0.5) is 0 Å². The van der Waals surface area contributed by atoms with E-state index in [1.807, 2.05) is 0 Å². The van der Waals surface area contributed by atoms with Crippen molar-refractivity contribution in [2.45, 2.75) is 46.0 Å². The maximum Gasteiger partial charge on any atom is 0.317 e. The van der Waals surface area contributed by atoms with Crippen molar-refractivity contribution >= 4 is 11.8 Å². The van der Waals surface area contributed by atoms with Gasteiger partial charge in [0.15, 0.2) is 0 Å². The molecule has 110 valence electrons. The van der Waals surface area contributed by atoms with Gasteiger partial charge in [0.25, 0.3) is 0 Å². The molecular weight excluding hydrogens is 242 g/mol. The zero-order chi connectivity index (χ0) is 14.3. The summed E-state index contributed by atoms with van der Waals surface area (Å²) in [6, 6.07) is 0. The second-order valence-electron chi connectivity index (χ2n) is 5.47. The van der Waals surface area contributed by atoms with Gasteiger partial charge in [-0.3, -0.25) is 9.59 Å². The van der Waals surface area contributed by atoms with Gasteiger partial charge >= 0.3 is 5.97 Å². The van der Waals surface area contributed by atoms with Crippen molar-refractivity contribution in [2.24, 2.45) is 11.8 Å². The van der Waals surface area contributed by atoms with E-state index in [-0.39, 0.29) is 11.8 Å². The fourth-order valence-corrected chi connectivity index (χ4v) is 2.69. The molecule has 2 atom stereocenters. The third-order valence-electron chi connectivity index (χ3n) is 4.05. The number of rotatable bonds is 7. The number of carbonyl (C=O) groups excluding carboxylic acids is 2. The van der Waals surface area contributed by atoms with Gasteiger partial charge in [0.05, 0.1) is 7.11 Å². The van der Waals surface area contributed by atoms with Gasteiger partial charge in [0.2, 0.25) is 0 Å². The molecule has 1 rings (SSSR count). The monoisotopic (exact) mass is 269 g/mol. The van der Waals surface area contributed by atoms with Crippen LogP contribution >= 0.6 is 0 Å². The first kappa shape index (κ1) is 16.2. The molecule has 0 bridgehead atoms. The zero-order valence-electron chi connectivity index (χ0n) is 12.5. The Hall–Kier alpha value is -0.900. The van der Waals surface area contributed by atoms with Gasteiger partial charge in [-0.25, -0.2) is 0 Å². The van der Waals surface area contributed by atoms with Gasteiger partial charge in [-0.2, -0.15) is 0 Å². The van der Waals surface area contributed by atoms with E-state index in [9.17, 15) is 9.59 Å². The summed E-state index contributed by atoms with van der Waals surface area (Å²) >= 11 is 0. The van der Waals surface area contributed by atoms with E-state index in [1.54, 1.807) is 0 Å². The lowest BCUT2D eigenvalue weighted by Gasteiger charge is -2.32. The molecule has 4 heteroatoms. The van der Waals surface area contributed by atoms with Gasteiger partial charge in [-0.15, -0.1) is 0 Å². The number of hydrogen-bond acceptors (Lipinski definition) is 4. The molecule has 1 fully saturated rings. The maximum atomic E-state index is 11.7. The molecule has 1 aliphatic rings. The number of likely N-dealkylation sites (tertiary alicyclic amines) is 1. The number of carbonyl (C=O) groups is 2. The zero-order valence-corrected chi connectivity index (χ0v) is 12.5. The Morgan fingerprint density at radius 3 is 2.79 bits per heavy atom. The highest BCUT2D eigenvalue weighted by Gasteiger charge is 2.33. The predicted molar refractivity (Wildman–Crippen MR) is 74.9 cm³/mol. The molecule has 19 heavy (non-hydrogen) atoms. The molecule has 0 amide bonds. The molecule has 0 aromatic rings. The average Bonchev–Trinajstić information content (AvgIpc) is 2.44. The molecule has 2 unspecified atom stereocenters. The van der Waals surface area contributed by atoms with Crippen molar-refractivity contribution in [1.82, 2.24) is 4.90 Å². The molecule has 0 radical (unpaired) electrons. The minimum absolute atomic E-state index is 0.0321. The standard InChI is InChI=1S/C15H27NO3/c1-4-6-7-12(5-2)10-16-9-8-14(17)13(11-16)15(18)19-3/h12-13H,4-11H2,1-3H3. The fraction of sp³-hybridized carbons (Fsp3) is 0.867. The van der Waals surface area contributed by atoms with E-state index in [4.69, 9.17) is 4.74 Å². The third kappa shape index (κ3) is 4.94. The Labute approximate surface area is 116 Å². The Morgan fingerprint density at radius 2 is 2.21 bits per heavy atom. The van der Waals surface area contributed by atoms with Crippen molar-refractivity contribution < 1.29 is 14.3 Å². The second kappa shape index (κ2) is 8.31. The van der Waals surface area contributed by atoms with Crippen molar-refractivity contribution in [3.8, 4) is 0 Å². The number of ether oxygens (including phenoxy) is 1. The van der Waals surface area contributed by atoms with E-state index < -0.39 is 5.92 Å². The van der Waals surface area contributed by atoms with Gasteiger partial charge in [0, 0.05) is 26.1 Å². The lowest BCUT2D eigenvalue weighted by molar-refractivity contribution is -0.152. The number of nitrogens with zero attached hydrogens (tertiary/aromatic N) is 1. The fourth-order valence-electron chi connectivity index (χ4n) is 2.69. The Balaban J connectivity index is 2.50. The Bertz CT molecular complexity index is 296. The number of piperidine rings is 1. The molecule has 0 aromatic carbocycles. The first-order chi connectivity index (χ1) is 9.12. The molecule has 0 saturated carbocycles. The lowest BCUT2D eigenvalue weighted by Crippen LogP contribution is -2.46. The summed E-state index contributed by atoms with van der Waals surface area (Å²) in [5.74, 6) is -0.241. The Kier molecular flexibility index (Phi) is 7.06. The highest BCUT2D eigenvalue weighted by Crippen LogP contribution is 2.19. The topological polar surface area (TPSA) is 46.6 Å². The third-order valence-corrected chi connectivity index (χ3v) is 4.05. The van der Waals surface area contributed by atoms with Crippen molar-refractivity contribution in [2.75, 3.05) is 26.7 Å². The maximum absolute atomic E-state index is 11.7. The number of esters is 1. The highest BCUT2D eigenvalue weighted by molar-refractivity contribution is 5.99. The first-order valence-corrected chi connectivity index (χ1v) is 7.45. The normalized spacial score (nSPS) is 22.3. The SMILES string of the molecule is CCCCC(CC)CN1CCC(=O)C(C(=O)OC)C1. The van der Waals surface area contributed by atoms with Gasteiger partial charge in [-0.05, 0) is 12.3 Å². The van der Waals surface area contributed by atoms with Crippen molar-refractivity contribution in [3.05, 3.63) is 0 Å². The number of hydrogen-bond donors (Lipinski definition) is 0. The molecule has 1 saturated heterocycles. The van der Waals surface area contributed by atoms with Crippen molar-refractivity contribution in [3.63, 3.8) is 0 Å². The minimum Gasteiger partial charge on any atom is -0.468 e. The molecular formula is C15H27NO3. The second-order valence-corrected chi connectivity index (χ2v) is 5.47. The van der Waals surface area contributed by atoms with Crippen LogP contribution in [0.5, 0.6) is 0 Å². The molecule has 1 aliphatic heterocycles. The highest BCUT2D eigenvalue weighted by atomic mass is 16.5. The Morgan fingerprint density at radius 1 is 1.47 bits per heavy atom. The van der Waals surface area contributed by atoms with E-state index in [0.29, 0.717) is 18.9 Å². The first-order valence-electron chi connectivity index (χ1n) is 7.45. The number of Topliss-reactive ketones (excluding diaryl/α,β-unsaturated/α-hetero) is 1. The minimum atomic E-state index is -0.567. The summed E-state index contributed by atoms with van der Waals surface area (Å²) < 4.78 is 4.72. The smallest absolute Gasteiger partial charge is 0.317 e. The summed E-state index contributed by atoms with van der Waals surface area (Å²) in [6.07, 6.45) is 5.35. The largest absolute Gasteiger partial charge is 0.468 e. The van der Waals surface area contributed by atoms with Crippen LogP contribution in [0.3, 0.4) is 0 Å². The summed E-state index contributed by atoms with van der Waals surface area (Å²) in [7, 11) is 1.35. The van der Waals surface area contributed by atoms with Crippen LogP contribution < -0.4 is 0 Å². The molecule has 0 aromatic heterocycles. The van der Waals surface area contributed by atoms with E-state index >= 15 is 0 Å². The number of ketones is 1. The molecule has 4 nitrogen and oxygen atoms in total. The van der Waals surface area contributed by atoms with Gasteiger partial charge in [0.1, 0.15) is 11.7 Å². The molecule has 0 spiro atoms. The molecule has 0 N–H and O–H groups in total. The van der Waals surface area contributed by atoms with Crippen LogP contribution in [0, 0.1) is 11.8 Å². The summed E-state index contributed by atoms with van der Waals surface area (Å²) in [6.45, 7) is 6.74. The van der Waals surface area contributed by atoms with Crippen LogP contribution in [0.1, 0.15) is 46.0 Å². The average molecular weight is 269 g/mol. The predicted octanol–water partition coefficient (Wildman–Crippen LogP) is 2.27. The quantitative estimate of drug-likeness (QED) is 0.525. The lowest BCUT2D eigenvalue weighted by atomic mass is 9.93. The van der Waals surface area contributed by atoms with E-state index in [0.717, 1.165) is 19.5 Å². The van der Waals surface area contributed by atoms with Crippen LogP contribution in [0.25, 0.3) is 0 Å². The van der Waals surface area contributed by atoms with E-state index in [2.05, 4.69) is 18.7 Å². The summed E-state index contributed by atoms with van der Waals surface area (Å²) in [5.41, 5.74) is 0. The van der Waals surface area contributed by atoms with Gasteiger partial charge < -0.3 is 9.64 Å². The van der Waals surface area contributed by atoms with Crippen molar-refractivity contribution in [1.29, 1.82) is 0 Å².